The first-order valence-corrected chi connectivity index (χ1v) is 20.7. The Bertz CT molecular complexity index is 1310. The fraction of sp³-hybridized carbons (Fsp3) is 0.711. The van der Waals surface area contributed by atoms with Gasteiger partial charge in [-0.3, -0.25) is 4.57 Å². The Morgan fingerprint density at radius 1 is 0.780 bits per heavy atom. The molecule has 282 valence electrons. The third kappa shape index (κ3) is 17.2. The van der Waals surface area contributed by atoms with E-state index in [2.05, 4.69) is 27.2 Å². The molecule has 0 spiro atoms. The highest BCUT2D eigenvalue weighted by atomic mass is 31.2. The first-order valence-electron chi connectivity index (χ1n) is 19.0. The lowest BCUT2D eigenvalue weighted by molar-refractivity contribution is -0.00144. The molecule has 0 aliphatic rings. The molecular weight excluding hydrogens is 653 g/mol. The second-order valence-electron chi connectivity index (χ2n) is 13.0. The van der Waals surface area contributed by atoms with Gasteiger partial charge in [0.25, 0.3) is 0 Å². The van der Waals surface area contributed by atoms with E-state index in [0.29, 0.717) is 36.7 Å². The number of anilines is 1. The van der Waals surface area contributed by atoms with Crippen molar-refractivity contribution in [2.45, 2.75) is 129 Å². The zero-order chi connectivity index (χ0) is 35.5. The smallest absolute Gasteiger partial charge is 0.356 e. The van der Waals surface area contributed by atoms with E-state index in [1.54, 1.807) is 20.5 Å². The number of nitrogens with one attached hydrogen (secondary N) is 1. The van der Waals surface area contributed by atoms with Crippen molar-refractivity contribution in [3.63, 3.8) is 0 Å². The predicted octanol–water partition coefficient (Wildman–Crippen LogP) is 9.56. The summed E-state index contributed by atoms with van der Waals surface area (Å²) in [5.41, 5.74) is 2.22. The minimum Gasteiger partial charge on any atom is -0.382 e. The van der Waals surface area contributed by atoms with Crippen LogP contribution in [-0.2, 0) is 41.0 Å². The third-order valence-corrected chi connectivity index (χ3v) is 10.4. The molecule has 3 aromatic rings. The summed E-state index contributed by atoms with van der Waals surface area (Å²) in [7, 11) is -0.237. The molecule has 0 saturated heterocycles. The quantitative estimate of drug-likeness (QED) is 0.0494. The number of imidazole rings is 1. The van der Waals surface area contributed by atoms with Crippen molar-refractivity contribution in [3.8, 4) is 0 Å². The van der Waals surface area contributed by atoms with Gasteiger partial charge in [-0.2, -0.15) is 0 Å². The fourth-order valence-electron chi connectivity index (χ4n) is 5.90. The molecule has 2 heterocycles. The van der Waals surface area contributed by atoms with Crippen molar-refractivity contribution in [1.82, 2.24) is 19.5 Å². The van der Waals surface area contributed by atoms with Gasteiger partial charge in [-0.05, 0) is 12.0 Å². The number of fused-ring (bicyclic) bond motifs is 1. The Morgan fingerprint density at radius 2 is 1.42 bits per heavy atom. The van der Waals surface area contributed by atoms with Crippen LogP contribution in [0, 0.1) is 0 Å². The lowest BCUT2D eigenvalue weighted by Gasteiger charge is -2.23. The minimum atomic E-state index is -3.63. The van der Waals surface area contributed by atoms with E-state index in [1.165, 1.54) is 103 Å². The van der Waals surface area contributed by atoms with Crippen molar-refractivity contribution in [1.29, 1.82) is 0 Å². The number of benzene rings is 1. The van der Waals surface area contributed by atoms with E-state index in [-0.39, 0.29) is 26.2 Å². The fourth-order valence-corrected chi connectivity index (χ4v) is 7.22. The molecule has 3 rings (SSSR count). The number of unbranched alkanes of at least 4 members (excludes halogenated alkanes) is 15. The van der Waals surface area contributed by atoms with Crippen molar-refractivity contribution in [2.75, 3.05) is 52.2 Å². The molecule has 0 aliphatic carbocycles. The van der Waals surface area contributed by atoms with Gasteiger partial charge in [0.15, 0.2) is 11.5 Å². The lowest BCUT2D eigenvalue weighted by Crippen LogP contribution is -2.26. The molecule has 0 aliphatic heterocycles. The minimum absolute atomic E-state index is 0.145. The largest absolute Gasteiger partial charge is 0.382 e. The van der Waals surface area contributed by atoms with Crippen molar-refractivity contribution in [2.24, 2.45) is 0 Å². The number of rotatable bonds is 32. The van der Waals surface area contributed by atoms with Crippen LogP contribution in [0.15, 0.2) is 43.0 Å². The topological polar surface area (TPSA) is 119 Å². The first kappa shape index (κ1) is 42.0. The summed E-state index contributed by atoms with van der Waals surface area (Å²) in [6, 6.07) is 9.61. The molecule has 0 saturated carbocycles. The predicted molar refractivity (Wildman–Crippen MR) is 202 cm³/mol. The SMILES string of the molecule is CCCCCCCCCCCCCCCCCCOCCOP(=O)(CO[C@H](COC)Cn1cnc2c(NC)ncnc21)OCc1ccccc1. The van der Waals surface area contributed by atoms with Gasteiger partial charge < -0.3 is 33.1 Å². The molecule has 0 bridgehead atoms. The summed E-state index contributed by atoms with van der Waals surface area (Å²) >= 11 is 0. The normalized spacial score (nSPS) is 13.5. The summed E-state index contributed by atoms with van der Waals surface area (Å²) in [6.45, 7) is 4.23. The zero-order valence-electron chi connectivity index (χ0n) is 31.1. The summed E-state index contributed by atoms with van der Waals surface area (Å²) in [5, 5.41) is 3.03. The van der Waals surface area contributed by atoms with Gasteiger partial charge >= 0.3 is 7.60 Å². The Labute approximate surface area is 301 Å². The van der Waals surface area contributed by atoms with E-state index < -0.39 is 13.7 Å². The average Bonchev–Trinajstić information content (AvgIpc) is 3.55. The molecule has 0 radical (unpaired) electrons. The number of methoxy groups -OCH3 is 1. The van der Waals surface area contributed by atoms with Gasteiger partial charge in [0.2, 0.25) is 0 Å². The Hall–Kier alpha value is -2.40. The second kappa shape index (κ2) is 26.4. The summed E-state index contributed by atoms with van der Waals surface area (Å²) in [4.78, 5) is 13.1. The summed E-state index contributed by atoms with van der Waals surface area (Å²) < 4.78 is 44.8. The molecule has 12 heteroatoms. The third-order valence-electron chi connectivity index (χ3n) is 8.79. The monoisotopic (exact) mass is 717 g/mol. The zero-order valence-corrected chi connectivity index (χ0v) is 32.0. The van der Waals surface area contributed by atoms with Crippen LogP contribution in [0.2, 0.25) is 0 Å². The van der Waals surface area contributed by atoms with Crippen LogP contribution in [0.4, 0.5) is 5.82 Å². The highest BCUT2D eigenvalue weighted by Gasteiger charge is 2.28. The Balaban J connectivity index is 1.31. The number of hydrogen-bond donors (Lipinski definition) is 1. The van der Waals surface area contributed by atoms with E-state index in [4.69, 9.17) is 23.3 Å². The van der Waals surface area contributed by atoms with E-state index in [0.717, 1.165) is 12.0 Å². The maximum absolute atomic E-state index is 13.9. The van der Waals surface area contributed by atoms with Gasteiger partial charge in [0, 0.05) is 20.8 Å². The molecule has 1 N–H and O–H groups in total. The van der Waals surface area contributed by atoms with Crippen molar-refractivity contribution >= 4 is 24.6 Å². The molecule has 50 heavy (non-hydrogen) atoms. The molecule has 2 aromatic heterocycles. The van der Waals surface area contributed by atoms with Gasteiger partial charge in [0.05, 0.1) is 45.4 Å². The Morgan fingerprint density at radius 3 is 2.04 bits per heavy atom. The molecule has 11 nitrogen and oxygen atoms in total. The summed E-state index contributed by atoms with van der Waals surface area (Å²) in [5.74, 6) is 0.641. The highest BCUT2D eigenvalue weighted by Crippen LogP contribution is 2.49. The number of nitrogens with zero attached hydrogens (tertiary/aromatic N) is 4. The van der Waals surface area contributed by atoms with Gasteiger partial charge in [0.1, 0.15) is 18.2 Å². The first-order chi connectivity index (χ1) is 24.6. The van der Waals surface area contributed by atoms with Crippen molar-refractivity contribution in [3.05, 3.63) is 48.5 Å². The van der Waals surface area contributed by atoms with Crippen LogP contribution in [0.3, 0.4) is 0 Å². The molecular formula is C38H64N5O6P. The average molecular weight is 718 g/mol. The maximum atomic E-state index is 13.9. The van der Waals surface area contributed by atoms with Gasteiger partial charge in [-0.1, -0.05) is 134 Å². The van der Waals surface area contributed by atoms with Crippen LogP contribution < -0.4 is 5.32 Å². The Kier molecular flexibility index (Phi) is 22.2. The molecule has 0 amide bonds. The van der Waals surface area contributed by atoms with E-state index >= 15 is 0 Å². The van der Waals surface area contributed by atoms with Gasteiger partial charge in [-0.15, -0.1) is 0 Å². The molecule has 2 atom stereocenters. The highest BCUT2D eigenvalue weighted by molar-refractivity contribution is 7.53. The maximum Gasteiger partial charge on any atom is 0.356 e. The standard InChI is InChI=1S/C38H64N5O6P/c1-4-5-6-7-8-9-10-11-12-13-14-15-16-17-18-22-25-46-26-27-48-50(44,49-29-34-23-20-19-21-24-34)33-47-35(30-45-3)28-43-32-42-36-37(39-2)40-31-41-38(36)43/h19-21,23-24,31-32,35H,4-18,22,25-30,33H2,1-3H3,(H,39,40,41)/t35-,50?/m0/s1. The van der Waals surface area contributed by atoms with Crippen LogP contribution in [0.1, 0.15) is 115 Å². The molecule has 1 aromatic carbocycles. The summed E-state index contributed by atoms with van der Waals surface area (Å²) in [6.07, 6.45) is 23.9. The van der Waals surface area contributed by atoms with Crippen LogP contribution in [0.5, 0.6) is 0 Å². The van der Waals surface area contributed by atoms with Crippen LogP contribution in [-0.4, -0.2) is 72.6 Å². The molecule has 1 unspecified atom stereocenters. The van der Waals surface area contributed by atoms with Crippen LogP contribution >= 0.6 is 7.60 Å². The number of aromatic nitrogens is 4. The lowest BCUT2D eigenvalue weighted by atomic mass is 10.0. The van der Waals surface area contributed by atoms with E-state index in [9.17, 15) is 4.57 Å². The number of ether oxygens (including phenoxy) is 3. The number of hydrogen-bond acceptors (Lipinski definition) is 10. The van der Waals surface area contributed by atoms with E-state index in [1.807, 2.05) is 34.9 Å². The molecule has 0 fully saturated rings. The second-order valence-corrected chi connectivity index (χ2v) is 15.0. The van der Waals surface area contributed by atoms with Crippen molar-refractivity contribution < 1.29 is 27.8 Å². The van der Waals surface area contributed by atoms with Gasteiger partial charge in [-0.25, -0.2) is 15.0 Å². The van der Waals surface area contributed by atoms with Crippen LogP contribution in [0.25, 0.3) is 11.2 Å².